The maximum Gasteiger partial charge on any atom is 0.245 e. The number of nitrogens with one attached hydrogen (secondary N) is 2. The third kappa shape index (κ3) is 3.43. The Hall–Kier alpha value is -2.08. The first-order chi connectivity index (χ1) is 13.1. The zero-order valence-corrected chi connectivity index (χ0v) is 16.0. The van der Waals surface area contributed by atoms with Gasteiger partial charge < -0.3 is 20.3 Å². The minimum atomic E-state index is -0.381. The number of benzene rings is 1. The number of fused-ring (bicyclic) bond motifs is 1. The van der Waals surface area contributed by atoms with Crippen LogP contribution in [0, 0.1) is 11.3 Å². The fourth-order valence-electron chi connectivity index (χ4n) is 4.97. The molecule has 4 rings (SSSR count). The number of carbonyl (C=O) groups is 2. The molecule has 1 aliphatic carbocycles. The first kappa shape index (κ1) is 18.3. The zero-order chi connectivity index (χ0) is 18.9. The Morgan fingerprint density at radius 1 is 1.30 bits per heavy atom. The number of methoxy groups -OCH3 is 1. The lowest BCUT2D eigenvalue weighted by atomic mass is 9.67. The van der Waals surface area contributed by atoms with Gasteiger partial charge in [0.1, 0.15) is 11.8 Å². The van der Waals surface area contributed by atoms with Gasteiger partial charge in [0.2, 0.25) is 11.8 Å². The average Bonchev–Trinajstić information content (AvgIpc) is 3.28. The molecule has 0 bridgehead atoms. The Morgan fingerprint density at radius 2 is 2.11 bits per heavy atom. The predicted octanol–water partition coefficient (Wildman–Crippen LogP) is 1.69. The summed E-state index contributed by atoms with van der Waals surface area (Å²) in [6.07, 6.45) is 5.05. The average molecular weight is 371 g/mol. The van der Waals surface area contributed by atoms with Gasteiger partial charge in [-0.15, -0.1) is 0 Å². The van der Waals surface area contributed by atoms with Crippen LogP contribution in [0.5, 0.6) is 5.75 Å². The Balaban J connectivity index is 1.37. The van der Waals surface area contributed by atoms with Crippen LogP contribution in [-0.2, 0) is 16.1 Å². The van der Waals surface area contributed by atoms with E-state index in [-0.39, 0.29) is 23.3 Å². The molecule has 2 aliphatic heterocycles. The minimum absolute atomic E-state index is 0.0360. The van der Waals surface area contributed by atoms with Crippen LogP contribution in [0.4, 0.5) is 0 Å². The Kier molecular flexibility index (Phi) is 5.08. The van der Waals surface area contributed by atoms with E-state index >= 15 is 0 Å². The lowest BCUT2D eigenvalue weighted by molar-refractivity contribution is -0.139. The molecule has 6 heteroatoms. The monoisotopic (exact) mass is 371 g/mol. The van der Waals surface area contributed by atoms with Crippen molar-refractivity contribution in [1.82, 2.24) is 15.5 Å². The van der Waals surface area contributed by atoms with Gasteiger partial charge in [-0.25, -0.2) is 0 Å². The second-order valence-corrected chi connectivity index (χ2v) is 8.15. The molecule has 0 spiro atoms. The maximum absolute atomic E-state index is 13.1. The van der Waals surface area contributed by atoms with Crippen LogP contribution >= 0.6 is 0 Å². The van der Waals surface area contributed by atoms with Crippen LogP contribution < -0.4 is 15.4 Å². The van der Waals surface area contributed by atoms with Crippen LogP contribution in [-0.4, -0.2) is 49.5 Å². The van der Waals surface area contributed by atoms with Gasteiger partial charge in [0.15, 0.2) is 0 Å². The van der Waals surface area contributed by atoms with E-state index < -0.39 is 0 Å². The molecule has 27 heavy (non-hydrogen) atoms. The highest BCUT2D eigenvalue weighted by molar-refractivity contribution is 5.91. The largest absolute Gasteiger partial charge is 0.497 e. The lowest BCUT2D eigenvalue weighted by Crippen LogP contribution is -2.52. The van der Waals surface area contributed by atoms with E-state index in [0.29, 0.717) is 25.4 Å². The highest BCUT2D eigenvalue weighted by atomic mass is 16.5. The third-order valence-electron chi connectivity index (χ3n) is 6.63. The van der Waals surface area contributed by atoms with Gasteiger partial charge in [0.05, 0.1) is 12.5 Å². The number of carbonyl (C=O) groups excluding carboxylic acids is 2. The van der Waals surface area contributed by atoms with Gasteiger partial charge in [-0.1, -0.05) is 25.0 Å². The number of amides is 2. The van der Waals surface area contributed by atoms with E-state index in [1.807, 2.05) is 29.2 Å². The molecular weight excluding hydrogens is 342 g/mol. The van der Waals surface area contributed by atoms with Gasteiger partial charge in [0, 0.05) is 19.6 Å². The maximum atomic E-state index is 13.1. The number of likely N-dealkylation sites (tertiary alicyclic amines) is 1. The predicted molar refractivity (Wildman–Crippen MR) is 102 cm³/mol. The topological polar surface area (TPSA) is 70.7 Å². The summed E-state index contributed by atoms with van der Waals surface area (Å²) in [6, 6.07) is 7.39. The van der Waals surface area contributed by atoms with E-state index in [4.69, 9.17) is 4.74 Å². The molecule has 0 radical (unpaired) electrons. The molecule has 1 aromatic rings. The van der Waals surface area contributed by atoms with Crippen LogP contribution in [0.25, 0.3) is 0 Å². The number of hydrogen-bond acceptors (Lipinski definition) is 4. The van der Waals surface area contributed by atoms with E-state index in [1.165, 1.54) is 6.42 Å². The quantitative estimate of drug-likeness (QED) is 0.826. The summed E-state index contributed by atoms with van der Waals surface area (Å²) in [5.41, 5.74) is 0.768. The van der Waals surface area contributed by atoms with E-state index in [9.17, 15) is 9.59 Å². The Bertz CT molecular complexity index is 705. The summed E-state index contributed by atoms with van der Waals surface area (Å²) in [5.74, 6) is 1.34. The number of nitrogens with zero attached hydrogens (tertiary/aromatic N) is 1. The zero-order valence-electron chi connectivity index (χ0n) is 16.0. The van der Waals surface area contributed by atoms with E-state index in [0.717, 1.165) is 43.7 Å². The van der Waals surface area contributed by atoms with Crippen LogP contribution in [0.3, 0.4) is 0 Å². The fraction of sp³-hybridized carbons (Fsp3) is 0.619. The van der Waals surface area contributed by atoms with Crippen molar-refractivity contribution in [2.45, 2.75) is 44.7 Å². The Labute approximate surface area is 160 Å². The molecule has 146 valence electrons. The first-order valence-electron chi connectivity index (χ1n) is 10.1. The molecular formula is C21H29N3O3. The molecule has 3 aliphatic rings. The smallest absolute Gasteiger partial charge is 0.245 e. The van der Waals surface area contributed by atoms with Crippen LogP contribution in [0.1, 0.15) is 37.7 Å². The van der Waals surface area contributed by atoms with E-state index in [2.05, 4.69) is 10.6 Å². The minimum Gasteiger partial charge on any atom is -0.497 e. The van der Waals surface area contributed by atoms with Gasteiger partial charge >= 0.3 is 0 Å². The molecule has 1 saturated carbocycles. The lowest BCUT2D eigenvalue weighted by Gasteiger charge is -2.37. The normalized spacial score (nSPS) is 30.3. The molecule has 6 nitrogen and oxygen atoms in total. The fourth-order valence-corrected chi connectivity index (χ4v) is 4.97. The second kappa shape index (κ2) is 7.50. The highest BCUT2D eigenvalue weighted by Crippen LogP contribution is 2.44. The summed E-state index contributed by atoms with van der Waals surface area (Å²) in [6.45, 7) is 2.94. The van der Waals surface area contributed by atoms with Crippen molar-refractivity contribution in [3.63, 3.8) is 0 Å². The Morgan fingerprint density at radius 3 is 2.89 bits per heavy atom. The van der Waals surface area contributed by atoms with Gasteiger partial charge in [0.25, 0.3) is 0 Å². The summed E-state index contributed by atoms with van der Waals surface area (Å²) >= 11 is 0. The van der Waals surface area contributed by atoms with Crippen molar-refractivity contribution in [1.29, 1.82) is 0 Å². The summed E-state index contributed by atoms with van der Waals surface area (Å²) in [5, 5.41) is 6.51. The molecule has 2 heterocycles. The SMILES string of the molecule is COc1ccc(CN2CCC(NC(=O)[C@@]34CCCC[C@H]3CNC4)C2=O)cc1. The molecule has 0 aromatic heterocycles. The molecule has 3 fully saturated rings. The van der Waals surface area contributed by atoms with Crippen molar-refractivity contribution in [3.8, 4) is 5.75 Å². The number of rotatable bonds is 5. The van der Waals surface area contributed by atoms with Crippen molar-refractivity contribution in [2.75, 3.05) is 26.7 Å². The standard InChI is InChI=1S/C21H29N3O3/c1-27-17-7-5-15(6-8-17)13-24-11-9-18(19(24)25)23-20(26)21-10-3-2-4-16(21)12-22-14-21/h5-8,16,18,22H,2-4,9-14H2,1H3,(H,23,26)/t16-,18?,21+/m0/s1. The van der Waals surface area contributed by atoms with Crippen molar-refractivity contribution in [3.05, 3.63) is 29.8 Å². The van der Waals surface area contributed by atoms with Crippen LogP contribution in [0.15, 0.2) is 24.3 Å². The van der Waals surface area contributed by atoms with Crippen molar-refractivity contribution >= 4 is 11.8 Å². The summed E-state index contributed by atoms with van der Waals surface area (Å²) < 4.78 is 5.18. The molecule has 2 amide bonds. The van der Waals surface area contributed by atoms with Gasteiger partial charge in [-0.3, -0.25) is 9.59 Å². The third-order valence-corrected chi connectivity index (χ3v) is 6.63. The highest BCUT2D eigenvalue weighted by Gasteiger charge is 2.50. The van der Waals surface area contributed by atoms with Gasteiger partial charge in [-0.05, 0) is 49.4 Å². The van der Waals surface area contributed by atoms with Crippen LogP contribution in [0.2, 0.25) is 0 Å². The molecule has 2 N–H and O–H groups in total. The molecule has 1 unspecified atom stereocenters. The molecule has 3 atom stereocenters. The number of hydrogen-bond donors (Lipinski definition) is 2. The first-order valence-corrected chi connectivity index (χ1v) is 10.1. The summed E-state index contributed by atoms with van der Waals surface area (Å²) in [7, 11) is 1.64. The summed E-state index contributed by atoms with van der Waals surface area (Å²) in [4.78, 5) is 27.8. The van der Waals surface area contributed by atoms with Crippen molar-refractivity contribution in [2.24, 2.45) is 11.3 Å². The van der Waals surface area contributed by atoms with Crippen molar-refractivity contribution < 1.29 is 14.3 Å². The van der Waals surface area contributed by atoms with E-state index in [1.54, 1.807) is 7.11 Å². The number of ether oxygens (including phenoxy) is 1. The van der Waals surface area contributed by atoms with Gasteiger partial charge in [-0.2, -0.15) is 0 Å². The molecule has 2 saturated heterocycles. The second-order valence-electron chi connectivity index (χ2n) is 8.15. The molecule has 1 aromatic carbocycles.